The van der Waals surface area contributed by atoms with Gasteiger partial charge in [0.25, 0.3) is 0 Å². The monoisotopic (exact) mass is 271 g/mol. The second kappa shape index (κ2) is 7.31. The van der Waals surface area contributed by atoms with E-state index in [1.807, 2.05) is 13.8 Å². The van der Waals surface area contributed by atoms with Crippen molar-refractivity contribution in [3.05, 3.63) is 35.4 Å². The quantitative estimate of drug-likeness (QED) is 0.714. The fourth-order valence-electron chi connectivity index (χ4n) is 1.56. The lowest BCUT2D eigenvalue weighted by atomic mass is 10.1. The third-order valence-electron chi connectivity index (χ3n) is 2.57. The Kier molecular flexibility index (Phi) is 6.05. The number of benzene rings is 1. The minimum Gasteiger partial charge on any atom is -0.377 e. The molecule has 0 aliphatic heterocycles. The number of halogens is 2. The van der Waals surface area contributed by atoms with Crippen LogP contribution in [0.1, 0.15) is 24.2 Å². The number of Topliss-reactive ketones (excluding diaryl/α,β-unsaturated/α-hetero) is 1. The first-order chi connectivity index (χ1) is 8.90. The van der Waals surface area contributed by atoms with Gasteiger partial charge in [0.05, 0.1) is 24.8 Å². The van der Waals surface area contributed by atoms with Gasteiger partial charge >= 0.3 is 0 Å². The molecule has 0 amide bonds. The number of hydrogen-bond acceptors (Lipinski definition) is 3. The maximum Gasteiger partial charge on any atom is 0.179 e. The van der Waals surface area contributed by atoms with E-state index in [0.29, 0.717) is 13.2 Å². The van der Waals surface area contributed by atoms with Crippen LogP contribution in [0.4, 0.5) is 8.78 Å². The molecule has 0 bridgehead atoms. The van der Waals surface area contributed by atoms with Crippen molar-refractivity contribution >= 4 is 5.78 Å². The van der Waals surface area contributed by atoms with E-state index < -0.39 is 17.4 Å². The summed E-state index contributed by atoms with van der Waals surface area (Å²) in [6.45, 7) is 4.93. The van der Waals surface area contributed by atoms with Crippen molar-refractivity contribution in [3.8, 4) is 0 Å². The lowest BCUT2D eigenvalue weighted by molar-refractivity contribution is 0.0619. The summed E-state index contributed by atoms with van der Waals surface area (Å²) in [7, 11) is 1.73. The van der Waals surface area contributed by atoms with Gasteiger partial charge in [-0.1, -0.05) is 0 Å². The third-order valence-corrected chi connectivity index (χ3v) is 2.57. The van der Waals surface area contributed by atoms with Crippen molar-refractivity contribution in [2.45, 2.75) is 20.0 Å². The van der Waals surface area contributed by atoms with Crippen LogP contribution in [0.15, 0.2) is 18.2 Å². The van der Waals surface area contributed by atoms with Crippen LogP contribution in [-0.2, 0) is 4.74 Å². The number of carbonyl (C=O) groups is 1. The molecule has 0 saturated heterocycles. The Hall–Kier alpha value is -1.33. The highest BCUT2D eigenvalue weighted by Gasteiger charge is 2.14. The van der Waals surface area contributed by atoms with Crippen molar-refractivity contribution in [1.82, 2.24) is 4.90 Å². The largest absolute Gasteiger partial charge is 0.377 e. The lowest BCUT2D eigenvalue weighted by Gasteiger charge is -2.17. The summed E-state index contributed by atoms with van der Waals surface area (Å²) in [6, 6.07) is 2.88. The van der Waals surface area contributed by atoms with Crippen molar-refractivity contribution < 1.29 is 18.3 Å². The van der Waals surface area contributed by atoms with Gasteiger partial charge in [-0.25, -0.2) is 8.78 Å². The average molecular weight is 271 g/mol. The van der Waals surface area contributed by atoms with Crippen LogP contribution in [0, 0.1) is 11.6 Å². The molecule has 1 aromatic rings. The molecular formula is C14H19F2NO2. The lowest BCUT2D eigenvalue weighted by Crippen LogP contribution is -2.30. The summed E-state index contributed by atoms with van der Waals surface area (Å²) in [4.78, 5) is 13.6. The highest BCUT2D eigenvalue weighted by atomic mass is 19.1. The number of likely N-dealkylation sites (N-methyl/N-ethyl adjacent to an activating group) is 1. The molecule has 1 aromatic carbocycles. The van der Waals surface area contributed by atoms with E-state index in [2.05, 4.69) is 0 Å². The predicted molar refractivity (Wildman–Crippen MR) is 69.3 cm³/mol. The van der Waals surface area contributed by atoms with Crippen LogP contribution >= 0.6 is 0 Å². The molecule has 106 valence electrons. The summed E-state index contributed by atoms with van der Waals surface area (Å²) in [6.07, 6.45) is 0.129. The Morgan fingerprint density at radius 2 is 2.05 bits per heavy atom. The van der Waals surface area contributed by atoms with Gasteiger partial charge in [0.1, 0.15) is 11.6 Å². The van der Waals surface area contributed by atoms with Gasteiger partial charge in [-0.3, -0.25) is 9.69 Å². The van der Waals surface area contributed by atoms with Crippen LogP contribution in [0.3, 0.4) is 0 Å². The van der Waals surface area contributed by atoms with E-state index in [1.165, 1.54) is 0 Å². The van der Waals surface area contributed by atoms with Gasteiger partial charge < -0.3 is 4.74 Å². The van der Waals surface area contributed by atoms with E-state index in [-0.39, 0.29) is 18.2 Å². The van der Waals surface area contributed by atoms with Crippen molar-refractivity contribution in [2.75, 3.05) is 26.7 Å². The Morgan fingerprint density at radius 3 is 2.68 bits per heavy atom. The first-order valence-electron chi connectivity index (χ1n) is 6.18. The number of nitrogens with zero attached hydrogens (tertiary/aromatic N) is 1. The zero-order valence-corrected chi connectivity index (χ0v) is 11.5. The molecular weight excluding hydrogens is 252 g/mol. The zero-order valence-electron chi connectivity index (χ0n) is 11.5. The summed E-state index contributed by atoms with van der Waals surface area (Å²) < 4.78 is 31.7. The van der Waals surface area contributed by atoms with Gasteiger partial charge in [0, 0.05) is 6.54 Å². The molecule has 3 nitrogen and oxygen atoms in total. The molecule has 0 radical (unpaired) electrons. The van der Waals surface area contributed by atoms with Crippen LogP contribution in [0.25, 0.3) is 0 Å². The number of rotatable bonds is 7. The fourth-order valence-corrected chi connectivity index (χ4v) is 1.56. The summed E-state index contributed by atoms with van der Waals surface area (Å²) in [5.74, 6) is -1.75. The Balaban J connectivity index is 2.52. The number of ketones is 1. The molecule has 0 spiro atoms. The highest BCUT2D eigenvalue weighted by Crippen LogP contribution is 2.10. The maximum atomic E-state index is 13.4. The van der Waals surface area contributed by atoms with Crippen LogP contribution in [0.5, 0.6) is 0 Å². The zero-order chi connectivity index (χ0) is 14.4. The van der Waals surface area contributed by atoms with E-state index in [4.69, 9.17) is 4.74 Å². The summed E-state index contributed by atoms with van der Waals surface area (Å²) in [5.41, 5.74) is -0.211. The number of carbonyl (C=O) groups excluding carboxylic acids is 1. The van der Waals surface area contributed by atoms with Gasteiger partial charge in [-0.05, 0) is 39.1 Å². The Morgan fingerprint density at radius 1 is 1.37 bits per heavy atom. The standard InChI is InChI=1S/C14H19F2NO2/c1-10(2)19-7-6-17(3)9-14(18)12-8-11(15)4-5-13(12)16/h4-5,8,10H,6-7,9H2,1-3H3. The summed E-state index contributed by atoms with van der Waals surface area (Å²) >= 11 is 0. The Bertz CT molecular complexity index is 435. The molecule has 1 rings (SSSR count). The second-order valence-corrected chi connectivity index (χ2v) is 4.70. The smallest absolute Gasteiger partial charge is 0.179 e. The number of ether oxygens (including phenoxy) is 1. The molecule has 0 heterocycles. The highest BCUT2D eigenvalue weighted by molar-refractivity contribution is 5.97. The summed E-state index contributed by atoms with van der Waals surface area (Å²) in [5, 5.41) is 0. The van der Waals surface area contributed by atoms with Crippen LogP contribution in [-0.4, -0.2) is 43.5 Å². The van der Waals surface area contributed by atoms with Crippen LogP contribution < -0.4 is 0 Å². The minimum atomic E-state index is -0.696. The molecule has 19 heavy (non-hydrogen) atoms. The van der Waals surface area contributed by atoms with Crippen molar-refractivity contribution in [3.63, 3.8) is 0 Å². The van der Waals surface area contributed by atoms with E-state index in [0.717, 1.165) is 18.2 Å². The molecule has 0 aliphatic rings. The molecule has 0 N–H and O–H groups in total. The third kappa shape index (κ3) is 5.44. The number of hydrogen-bond donors (Lipinski definition) is 0. The molecule has 5 heteroatoms. The molecule has 0 saturated carbocycles. The van der Waals surface area contributed by atoms with Crippen LogP contribution in [0.2, 0.25) is 0 Å². The van der Waals surface area contributed by atoms with Gasteiger partial charge in [0.15, 0.2) is 5.78 Å². The molecule has 0 atom stereocenters. The van der Waals surface area contributed by atoms with Gasteiger partial charge in [-0.2, -0.15) is 0 Å². The van der Waals surface area contributed by atoms with Crippen molar-refractivity contribution in [1.29, 1.82) is 0 Å². The molecule has 0 unspecified atom stereocenters. The SMILES string of the molecule is CC(C)OCCN(C)CC(=O)c1cc(F)ccc1F. The molecule has 0 fully saturated rings. The van der Waals surface area contributed by atoms with Gasteiger partial charge in [0.2, 0.25) is 0 Å². The van der Waals surface area contributed by atoms with E-state index in [1.54, 1.807) is 11.9 Å². The normalized spacial score (nSPS) is 11.3. The minimum absolute atomic E-state index is 0.0296. The first-order valence-corrected chi connectivity index (χ1v) is 6.18. The van der Waals surface area contributed by atoms with E-state index >= 15 is 0 Å². The predicted octanol–water partition coefficient (Wildman–Crippen LogP) is 2.50. The topological polar surface area (TPSA) is 29.5 Å². The fraction of sp³-hybridized carbons (Fsp3) is 0.500. The molecule has 0 aromatic heterocycles. The maximum absolute atomic E-state index is 13.4. The van der Waals surface area contributed by atoms with E-state index in [9.17, 15) is 13.6 Å². The first kappa shape index (κ1) is 15.7. The molecule has 0 aliphatic carbocycles. The second-order valence-electron chi connectivity index (χ2n) is 4.70. The average Bonchev–Trinajstić information content (AvgIpc) is 2.31. The van der Waals surface area contributed by atoms with Gasteiger partial charge in [-0.15, -0.1) is 0 Å². The Labute approximate surface area is 112 Å². The van der Waals surface area contributed by atoms with Crippen molar-refractivity contribution in [2.24, 2.45) is 0 Å².